The van der Waals surface area contributed by atoms with Crippen LogP contribution < -0.4 is 5.32 Å². The van der Waals surface area contributed by atoms with Crippen molar-refractivity contribution in [2.45, 2.75) is 46.5 Å². The Morgan fingerprint density at radius 3 is 2.45 bits per heavy atom. The molecule has 2 rings (SSSR count). The summed E-state index contributed by atoms with van der Waals surface area (Å²) in [7, 11) is 0. The Balaban J connectivity index is 0.00000200. The third-order valence-electron chi connectivity index (χ3n) is 3.80. The van der Waals surface area contributed by atoms with E-state index in [1.807, 2.05) is 6.92 Å². The van der Waals surface area contributed by atoms with Crippen molar-refractivity contribution in [2.75, 3.05) is 13.1 Å². The summed E-state index contributed by atoms with van der Waals surface area (Å²) in [6.07, 6.45) is 0.787. The van der Waals surface area contributed by atoms with Crippen molar-refractivity contribution in [2.24, 2.45) is 4.99 Å². The summed E-state index contributed by atoms with van der Waals surface area (Å²) in [5.41, 5.74) is 4.39. The van der Waals surface area contributed by atoms with Gasteiger partial charge in [-0.25, -0.2) is 0 Å². The summed E-state index contributed by atoms with van der Waals surface area (Å²) in [4.78, 5) is 4.44. The van der Waals surface area contributed by atoms with Gasteiger partial charge in [0.05, 0.1) is 6.54 Å². The normalized spacial score (nSPS) is 14.6. The van der Waals surface area contributed by atoms with Gasteiger partial charge in [0.25, 0.3) is 0 Å². The largest absolute Gasteiger partial charge is 0.507 e. The molecule has 4 heteroatoms. The Hall–Kier alpha value is -1.03. The predicted molar refractivity (Wildman–Crippen MR) is 90.6 cm³/mol. The maximum absolute atomic E-state index is 10.5. The third-order valence-corrected chi connectivity index (χ3v) is 3.80. The third kappa shape index (κ3) is 3.35. The summed E-state index contributed by atoms with van der Waals surface area (Å²) in [6.45, 7) is 12.3. The Kier molecular flexibility index (Phi) is 5.25. The van der Waals surface area contributed by atoms with Crippen LogP contribution in [-0.2, 0) is 11.8 Å². The zero-order valence-electron chi connectivity index (χ0n) is 13.0. The van der Waals surface area contributed by atoms with Crippen molar-refractivity contribution in [1.29, 1.82) is 0 Å². The molecule has 1 heterocycles. The summed E-state index contributed by atoms with van der Waals surface area (Å²) in [5.74, 6) is 1.47. The minimum absolute atomic E-state index is 0. The van der Waals surface area contributed by atoms with Crippen molar-refractivity contribution in [3.8, 4) is 5.75 Å². The zero-order chi connectivity index (χ0) is 14.2. The summed E-state index contributed by atoms with van der Waals surface area (Å²) in [5, 5.41) is 13.7. The average molecular weight is 341 g/mol. The van der Waals surface area contributed by atoms with Crippen LogP contribution in [0.1, 0.15) is 43.0 Å². The molecule has 2 N–H and O–H groups in total. The van der Waals surface area contributed by atoms with Crippen molar-refractivity contribution in [1.82, 2.24) is 5.32 Å². The number of halogens is 1. The number of phenols is 1. The monoisotopic (exact) mass is 340 g/mol. The fourth-order valence-electron chi connectivity index (χ4n) is 2.59. The lowest BCUT2D eigenvalue weighted by Gasteiger charge is -2.24. The van der Waals surface area contributed by atoms with Gasteiger partial charge in [0, 0.05) is 13.0 Å². The molecule has 112 valence electrons. The predicted octanol–water partition coefficient (Wildman–Crippen LogP) is 3.43. The molecule has 0 atom stereocenters. The Morgan fingerprint density at radius 1 is 1.30 bits per heavy atom. The molecule has 3 nitrogen and oxygen atoms in total. The maximum atomic E-state index is 10.5. The topological polar surface area (TPSA) is 44.6 Å². The van der Waals surface area contributed by atoms with E-state index in [0.717, 1.165) is 36.5 Å². The molecule has 1 aliphatic rings. The fraction of sp³-hybridized carbons (Fsp3) is 0.562. The number of hydrogen-bond acceptors (Lipinski definition) is 3. The highest BCUT2D eigenvalue weighted by Gasteiger charge is 2.22. The van der Waals surface area contributed by atoms with Crippen LogP contribution in [0.4, 0.5) is 0 Å². The van der Waals surface area contributed by atoms with E-state index in [9.17, 15) is 5.11 Å². The summed E-state index contributed by atoms with van der Waals surface area (Å²) < 4.78 is 0. The fourth-order valence-corrected chi connectivity index (χ4v) is 2.59. The molecule has 0 fully saturated rings. The van der Waals surface area contributed by atoms with Crippen LogP contribution in [0.2, 0.25) is 0 Å². The van der Waals surface area contributed by atoms with E-state index in [1.54, 1.807) is 0 Å². The van der Waals surface area contributed by atoms with Crippen molar-refractivity contribution < 1.29 is 5.11 Å². The molecule has 0 saturated carbocycles. The minimum Gasteiger partial charge on any atom is -0.507 e. The number of nitrogens with one attached hydrogen (secondary N) is 1. The maximum Gasteiger partial charge on any atom is 0.122 e. The van der Waals surface area contributed by atoms with E-state index in [-0.39, 0.29) is 22.4 Å². The van der Waals surface area contributed by atoms with Crippen LogP contribution in [0, 0.1) is 13.8 Å². The SMILES string of the molecule is Br.Cc1cc(C(C)(C)C)c(O)c(C)c1CC1=NCCN1. The molecule has 0 saturated heterocycles. The molecule has 0 bridgehead atoms. The van der Waals surface area contributed by atoms with E-state index in [0.29, 0.717) is 5.75 Å². The van der Waals surface area contributed by atoms with Gasteiger partial charge < -0.3 is 10.4 Å². The van der Waals surface area contributed by atoms with Gasteiger partial charge in [0.2, 0.25) is 0 Å². The van der Waals surface area contributed by atoms with Crippen LogP contribution in [-0.4, -0.2) is 24.0 Å². The van der Waals surface area contributed by atoms with Gasteiger partial charge in [-0.1, -0.05) is 26.8 Å². The van der Waals surface area contributed by atoms with E-state index in [4.69, 9.17) is 0 Å². The van der Waals surface area contributed by atoms with Crippen LogP contribution in [0.25, 0.3) is 0 Å². The van der Waals surface area contributed by atoms with Crippen LogP contribution in [0.3, 0.4) is 0 Å². The lowest BCUT2D eigenvalue weighted by atomic mass is 9.82. The highest BCUT2D eigenvalue weighted by Crippen LogP contribution is 2.36. The van der Waals surface area contributed by atoms with Crippen LogP contribution in [0.5, 0.6) is 5.75 Å². The second kappa shape index (κ2) is 6.17. The van der Waals surface area contributed by atoms with Gasteiger partial charge in [0.15, 0.2) is 0 Å². The first-order valence-electron chi connectivity index (χ1n) is 6.90. The van der Waals surface area contributed by atoms with Crippen molar-refractivity contribution in [3.05, 3.63) is 28.3 Å². The lowest BCUT2D eigenvalue weighted by molar-refractivity contribution is 0.442. The molecule has 0 aliphatic carbocycles. The molecule has 0 amide bonds. The lowest BCUT2D eigenvalue weighted by Crippen LogP contribution is -2.22. The number of hydrogen-bond donors (Lipinski definition) is 2. The number of rotatable bonds is 2. The second-order valence-corrected chi connectivity index (χ2v) is 6.38. The molecule has 0 aromatic heterocycles. The number of aromatic hydroxyl groups is 1. The standard InChI is InChI=1S/C16H24N2O.BrH/c1-10-8-13(16(3,4)5)15(19)11(2)12(10)9-14-17-6-7-18-14;/h8,19H,6-7,9H2,1-5H3,(H,17,18);1H. The molecule has 1 aromatic rings. The van der Waals surface area contributed by atoms with Gasteiger partial charge in [-0.05, 0) is 41.5 Å². The van der Waals surface area contributed by atoms with Gasteiger partial charge >= 0.3 is 0 Å². The van der Waals surface area contributed by atoms with E-state index < -0.39 is 0 Å². The quantitative estimate of drug-likeness (QED) is 0.866. The number of aliphatic imine (C=N–C) groups is 1. The highest BCUT2D eigenvalue weighted by atomic mass is 79.9. The number of benzene rings is 1. The first-order valence-corrected chi connectivity index (χ1v) is 6.90. The smallest absolute Gasteiger partial charge is 0.122 e. The Labute approximate surface area is 132 Å². The van der Waals surface area contributed by atoms with Crippen LogP contribution >= 0.6 is 17.0 Å². The van der Waals surface area contributed by atoms with E-state index >= 15 is 0 Å². The average Bonchev–Trinajstić information content (AvgIpc) is 2.80. The minimum atomic E-state index is -0.0404. The molecule has 0 radical (unpaired) electrons. The van der Waals surface area contributed by atoms with Crippen molar-refractivity contribution >= 4 is 22.8 Å². The molecule has 1 aliphatic heterocycles. The highest BCUT2D eigenvalue weighted by molar-refractivity contribution is 8.93. The molecular weight excluding hydrogens is 316 g/mol. The molecule has 0 unspecified atom stereocenters. The Bertz CT molecular complexity index is 530. The number of nitrogens with zero attached hydrogens (tertiary/aromatic N) is 1. The second-order valence-electron chi connectivity index (χ2n) is 6.38. The van der Waals surface area contributed by atoms with Gasteiger partial charge in [-0.15, -0.1) is 17.0 Å². The number of phenolic OH excluding ortho intramolecular Hbond substituents is 1. The van der Waals surface area contributed by atoms with Gasteiger partial charge in [0.1, 0.15) is 11.6 Å². The summed E-state index contributed by atoms with van der Waals surface area (Å²) >= 11 is 0. The van der Waals surface area contributed by atoms with E-state index in [2.05, 4.69) is 44.1 Å². The molecule has 0 spiro atoms. The molecular formula is C16H25BrN2O. The zero-order valence-corrected chi connectivity index (χ0v) is 14.7. The number of amidine groups is 1. The van der Waals surface area contributed by atoms with Gasteiger partial charge in [-0.3, -0.25) is 4.99 Å². The summed E-state index contributed by atoms with van der Waals surface area (Å²) in [6, 6.07) is 2.12. The number of aryl methyl sites for hydroxylation is 1. The Morgan fingerprint density at radius 2 is 1.95 bits per heavy atom. The van der Waals surface area contributed by atoms with Crippen LogP contribution in [0.15, 0.2) is 11.1 Å². The molecule has 20 heavy (non-hydrogen) atoms. The van der Waals surface area contributed by atoms with Gasteiger partial charge in [-0.2, -0.15) is 0 Å². The van der Waals surface area contributed by atoms with Crippen molar-refractivity contribution in [3.63, 3.8) is 0 Å². The molecule has 1 aromatic carbocycles. The van der Waals surface area contributed by atoms with E-state index in [1.165, 1.54) is 11.1 Å². The first kappa shape index (κ1) is 17.0. The first-order chi connectivity index (χ1) is 8.80.